The zero-order valence-corrected chi connectivity index (χ0v) is 13.9. The number of carbonyl (C=O) groups excluding carboxylic acids is 1. The number of aromatic nitrogens is 2. The molecule has 0 saturated heterocycles. The summed E-state index contributed by atoms with van der Waals surface area (Å²) in [4.78, 5) is 19.7. The lowest BCUT2D eigenvalue weighted by Crippen LogP contribution is -2.30. The second-order valence-corrected chi connectivity index (χ2v) is 5.81. The van der Waals surface area contributed by atoms with Crippen molar-refractivity contribution in [3.05, 3.63) is 59.4 Å². The van der Waals surface area contributed by atoms with Gasteiger partial charge in [-0.05, 0) is 37.1 Å². The highest BCUT2D eigenvalue weighted by Crippen LogP contribution is 2.21. The zero-order chi connectivity index (χ0) is 16.9. The van der Waals surface area contributed by atoms with Crippen LogP contribution in [0.5, 0.6) is 5.75 Å². The van der Waals surface area contributed by atoms with Crippen molar-refractivity contribution in [1.29, 1.82) is 0 Å². The van der Waals surface area contributed by atoms with Gasteiger partial charge in [-0.3, -0.25) is 4.79 Å². The molecular formula is C19H21N3O2. The highest BCUT2D eigenvalue weighted by atomic mass is 16.5. The van der Waals surface area contributed by atoms with Gasteiger partial charge in [0, 0.05) is 13.0 Å². The summed E-state index contributed by atoms with van der Waals surface area (Å²) in [5, 5.41) is 2.86. The summed E-state index contributed by atoms with van der Waals surface area (Å²) < 4.78 is 5.64. The van der Waals surface area contributed by atoms with Crippen LogP contribution < -0.4 is 10.1 Å². The Balaban J connectivity index is 1.47. The Kier molecular flexibility index (Phi) is 4.79. The fourth-order valence-electron chi connectivity index (χ4n) is 2.66. The van der Waals surface area contributed by atoms with E-state index in [9.17, 15) is 4.79 Å². The smallest absolute Gasteiger partial charge is 0.257 e. The van der Waals surface area contributed by atoms with Crippen molar-refractivity contribution in [2.24, 2.45) is 0 Å². The molecule has 3 aromatic rings. The molecule has 1 aromatic heterocycles. The van der Waals surface area contributed by atoms with E-state index in [-0.39, 0.29) is 12.5 Å². The molecule has 0 spiro atoms. The maximum Gasteiger partial charge on any atom is 0.257 e. The topological polar surface area (TPSA) is 67.0 Å². The number of hydrogen-bond donors (Lipinski definition) is 2. The summed E-state index contributed by atoms with van der Waals surface area (Å²) in [7, 11) is 0. The number of carbonyl (C=O) groups is 1. The number of H-pyrrole nitrogens is 1. The Hall–Kier alpha value is -2.82. The summed E-state index contributed by atoms with van der Waals surface area (Å²) in [5.41, 5.74) is 4.02. The van der Waals surface area contributed by atoms with Gasteiger partial charge in [-0.15, -0.1) is 0 Å². The first-order valence-corrected chi connectivity index (χ1v) is 8.03. The van der Waals surface area contributed by atoms with Crippen molar-refractivity contribution in [2.45, 2.75) is 20.3 Å². The number of rotatable bonds is 6. The van der Waals surface area contributed by atoms with Crippen LogP contribution in [0, 0.1) is 13.8 Å². The molecule has 0 aliphatic heterocycles. The number of nitrogens with zero attached hydrogens (tertiary/aromatic N) is 1. The van der Waals surface area contributed by atoms with Crippen molar-refractivity contribution < 1.29 is 9.53 Å². The molecule has 0 bridgehead atoms. The highest BCUT2D eigenvalue weighted by molar-refractivity contribution is 5.77. The van der Waals surface area contributed by atoms with Gasteiger partial charge in [0.15, 0.2) is 6.61 Å². The van der Waals surface area contributed by atoms with Gasteiger partial charge >= 0.3 is 0 Å². The standard InChI is InChI=1S/C19H21N3O2/c1-13-6-5-7-14(2)19(13)24-12-18(23)20-11-10-17-21-15-8-3-4-9-16(15)22-17/h3-9H,10-12H2,1-2H3,(H,20,23)(H,21,22). The highest BCUT2D eigenvalue weighted by Gasteiger charge is 2.07. The quantitative estimate of drug-likeness (QED) is 0.733. The number of aryl methyl sites for hydroxylation is 2. The maximum absolute atomic E-state index is 11.9. The normalized spacial score (nSPS) is 10.8. The number of nitrogens with one attached hydrogen (secondary N) is 2. The van der Waals surface area contributed by atoms with E-state index in [1.165, 1.54) is 0 Å². The second kappa shape index (κ2) is 7.17. The van der Waals surface area contributed by atoms with E-state index in [1.54, 1.807) is 0 Å². The molecule has 24 heavy (non-hydrogen) atoms. The van der Waals surface area contributed by atoms with E-state index in [0.29, 0.717) is 13.0 Å². The van der Waals surface area contributed by atoms with E-state index in [0.717, 1.165) is 33.7 Å². The van der Waals surface area contributed by atoms with Gasteiger partial charge in [0.05, 0.1) is 11.0 Å². The van der Waals surface area contributed by atoms with Gasteiger partial charge in [0.1, 0.15) is 11.6 Å². The number of amides is 1. The van der Waals surface area contributed by atoms with Crippen molar-refractivity contribution in [2.75, 3.05) is 13.2 Å². The summed E-state index contributed by atoms with van der Waals surface area (Å²) >= 11 is 0. The van der Waals surface area contributed by atoms with E-state index in [2.05, 4.69) is 15.3 Å². The van der Waals surface area contributed by atoms with Crippen LogP contribution in [0.4, 0.5) is 0 Å². The fourth-order valence-corrected chi connectivity index (χ4v) is 2.66. The average Bonchev–Trinajstić information content (AvgIpc) is 2.97. The third-order valence-electron chi connectivity index (χ3n) is 3.88. The summed E-state index contributed by atoms with van der Waals surface area (Å²) in [6.45, 7) is 4.49. The Morgan fingerprint density at radius 3 is 2.62 bits per heavy atom. The molecule has 3 rings (SSSR count). The summed E-state index contributed by atoms with van der Waals surface area (Å²) in [6, 6.07) is 13.8. The number of hydrogen-bond acceptors (Lipinski definition) is 3. The van der Waals surface area contributed by atoms with Crippen LogP contribution in [0.25, 0.3) is 11.0 Å². The number of imidazole rings is 1. The Labute approximate surface area is 141 Å². The minimum absolute atomic E-state index is 0.0197. The van der Waals surface area contributed by atoms with Gasteiger partial charge in [-0.1, -0.05) is 30.3 Å². The third kappa shape index (κ3) is 3.74. The molecule has 0 saturated carbocycles. The number of aromatic amines is 1. The number of benzene rings is 2. The minimum Gasteiger partial charge on any atom is -0.483 e. The lowest BCUT2D eigenvalue weighted by atomic mass is 10.1. The fraction of sp³-hybridized carbons (Fsp3) is 0.263. The van der Waals surface area contributed by atoms with Crippen LogP contribution >= 0.6 is 0 Å². The van der Waals surface area contributed by atoms with Crippen LogP contribution in [0.2, 0.25) is 0 Å². The SMILES string of the molecule is Cc1cccc(C)c1OCC(=O)NCCc1nc2ccccc2[nH]1. The molecule has 5 heteroatoms. The molecule has 5 nitrogen and oxygen atoms in total. The van der Waals surface area contributed by atoms with E-state index >= 15 is 0 Å². The van der Waals surface area contributed by atoms with Crippen molar-refractivity contribution >= 4 is 16.9 Å². The van der Waals surface area contributed by atoms with Crippen molar-refractivity contribution in [1.82, 2.24) is 15.3 Å². The maximum atomic E-state index is 11.9. The van der Waals surface area contributed by atoms with Gasteiger partial charge in [0.2, 0.25) is 0 Å². The molecule has 0 atom stereocenters. The number of ether oxygens (including phenoxy) is 1. The zero-order valence-electron chi connectivity index (χ0n) is 13.9. The van der Waals surface area contributed by atoms with Crippen LogP contribution in [0.1, 0.15) is 17.0 Å². The molecule has 124 valence electrons. The Bertz CT molecular complexity index is 801. The number of fused-ring (bicyclic) bond motifs is 1. The largest absolute Gasteiger partial charge is 0.483 e. The molecule has 0 radical (unpaired) electrons. The van der Waals surface area contributed by atoms with Crippen LogP contribution in [-0.2, 0) is 11.2 Å². The first kappa shape index (κ1) is 16.1. The monoisotopic (exact) mass is 323 g/mol. The van der Waals surface area contributed by atoms with Crippen LogP contribution in [-0.4, -0.2) is 29.0 Å². The van der Waals surface area contributed by atoms with Gasteiger partial charge in [-0.25, -0.2) is 4.98 Å². The molecule has 0 aliphatic carbocycles. The molecule has 0 fully saturated rings. The molecule has 0 unspecified atom stereocenters. The van der Waals surface area contributed by atoms with Crippen molar-refractivity contribution in [3.8, 4) is 5.75 Å². The predicted octanol–water partition coefficient (Wildman–Crippen LogP) is 2.92. The van der Waals surface area contributed by atoms with Crippen molar-refractivity contribution in [3.63, 3.8) is 0 Å². The first-order valence-electron chi connectivity index (χ1n) is 8.03. The average molecular weight is 323 g/mol. The Morgan fingerprint density at radius 2 is 1.88 bits per heavy atom. The summed E-state index contributed by atoms with van der Waals surface area (Å²) in [6.07, 6.45) is 0.657. The second-order valence-electron chi connectivity index (χ2n) is 5.81. The van der Waals surface area contributed by atoms with Crippen LogP contribution in [0.15, 0.2) is 42.5 Å². The van der Waals surface area contributed by atoms with E-state index < -0.39 is 0 Å². The van der Waals surface area contributed by atoms with E-state index in [4.69, 9.17) is 4.74 Å². The molecule has 0 aliphatic rings. The molecule has 2 aromatic carbocycles. The Morgan fingerprint density at radius 1 is 1.12 bits per heavy atom. The lowest BCUT2D eigenvalue weighted by molar-refractivity contribution is -0.123. The van der Waals surface area contributed by atoms with Gasteiger partial charge in [0.25, 0.3) is 5.91 Å². The summed E-state index contributed by atoms with van der Waals surface area (Å²) in [5.74, 6) is 1.52. The van der Waals surface area contributed by atoms with Gasteiger partial charge in [-0.2, -0.15) is 0 Å². The van der Waals surface area contributed by atoms with Gasteiger partial charge < -0.3 is 15.0 Å². The molecule has 1 amide bonds. The molecule has 1 heterocycles. The molecular weight excluding hydrogens is 302 g/mol. The first-order chi connectivity index (χ1) is 11.6. The van der Waals surface area contributed by atoms with Crippen LogP contribution in [0.3, 0.4) is 0 Å². The lowest BCUT2D eigenvalue weighted by Gasteiger charge is -2.11. The molecule has 2 N–H and O–H groups in total. The minimum atomic E-state index is -0.131. The predicted molar refractivity (Wildman–Crippen MR) is 94.2 cm³/mol. The number of para-hydroxylation sites is 3. The third-order valence-corrected chi connectivity index (χ3v) is 3.88. The van der Waals surface area contributed by atoms with E-state index in [1.807, 2.05) is 56.3 Å².